The van der Waals surface area contributed by atoms with E-state index in [1.54, 1.807) is 61.9 Å². The Bertz CT molecular complexity index is 1540. The van der Waals surface area contributed by atoms with Crippen LogP contribution in [-0.2, 0) is 7.05 Å². The van der Waals surface area contributed by atoms with E-state index in [4.69, 9.17) is 0 Å². The number of fused-ring (bicyclic) bond motifs is 1. The molecule has 3 N–H and O–H groups in total. The Morgan fingerprint density at radius 3 is 2.68 bits per heavy atom. The van der Waals surface area contributed by atoms with E-state index in [-0.39, 0.29) is 11.7 Å². The van der Waals surface area contributed by atoms with Crippen molar-refractivity contribution in [2.75, 3.05) is 5.32 Å². The number of rotatable bonds is 6. The Labute approximate surface area is 194 Å². The summed E-state index contributed by atoms with van der Waals surface area (Å²) < 4.78 is 1.53. The number of anilines is 1. The van der Waals surface area contributed by atoms with Gasteiger partial charge >= 0.3 is 0 Å². The average molecular weight is 451 g/mol. The number of hydrogen-bond donors (Lipinski definition) is 3. The molecule has 9 nitrogen and oxygen atoms in total. The number of aromatic amines is 2. The first kappa shape index (κ1) is 21.1. The average Bonchev–Trinajstić information content (AvgIpc) is 3.57. The first-order valence-corrected chi connectivity index (χ1v) is 10.6. The third-order valence-corrected chi connectivity index (χ3v) is 5.39. The Morgan fingerprint density at radius 2 is 1.91 bits per heavy atom. The molecule has 3 aromatic heterocycles. The summed E-state index contributed by atoms with van der Waals surface area (Å²) in [7, 11) is 1.71. The lowest BCUT2D eigenvalue weighted by molar-refractivity contribution is 0.101. The van der Waals surface area contributed by atoms with Gasteiger partial charge in [0.1, 0.15) is 11.5 Å². The molecule has 2 aromatic carbocycles. The van der Waals surface area contributed by atoms with Gasteiger partial charge in [-0.2, -0.15) is 10.2 Å². The topological polar surface area (TPSA) is 121 Å². The van der Waals surface area contributed by atoms with E-state index in [0.29, 0.717) is 22.5 Å². The second-order valence-corrected chi connectivity index (χ2v) is 7.84. The van der Waals surface area contributed by atoms with E-state index >= 15 is 0 Å². The quantitative estimate of drug-likeness (QED) is 0.337. The van der Waals surface area contributed by atoms with Crippen molar-refractivity contribution in [3.8, 4) is 0 Å². The molecule has 0 aliphatic rings. The zero-order valence-electron chi connectivity index (χ0n) is 18.5. The van der Waals surface area contributed by atoms with Crippen LogP contribution in [0, 0.1) is 6.92 Å². The maximum Gasteiger partial charge on any atom is 0.273 e. The summed E-state index contributed by atoms with van der Waals surface area (Å²) in [6.07, 6.45) is 7.12. The number of hydrogen-bond acceptors (Lipinski definition) is 5. The van der Waals surface area contributed by atoms with Crippen LogP contribution in [0.5, 0.6) is 0 Å². The number of aromatic nitrogens is 6. The number of imidazole rings is 1. The standard InChI is InChI=1S/C25H21N7O2/c1-15-12-22(32(2)31-15)25(34)28-18-5-3-4-16(13-18)24(33)17-6-7-19-20(29-30-21(19)14-17)8-9-23-26-10-11-27-23/h3-14H,1-2H3,(H,26,27)(H,28,34)(H,29,30). The van der Waals surface area contributed by atoms with Crippen LogP contribution in [0.25, 0.3) is 23.1 Å². The second-order valence-electron chi connectivity index (χ2n) is 7.84. The normalized spacial score (nSPS) is 11.4. The molecule has 0 atom stereocenters. The van der Waals surface area contributed by atoms with Crippen molar-refractivity contribution >= 4 is 40.4 Å². The summed E-state index contributed by atoms with van der Waals surface area (Å²) in [6.45, 7) is 1.82. The highest BCUT2D eigenvalue weighted by molar-refractivity contribution is 6.12. The molecule has 0 aliphatic heterocycles. The number of carbonyl (C=O) groups excluding carboxylic acids is 2. The van der Waals surface area contributed by atoms with Crippen LogP contribution in [0.3, 0.4) is 0 Å². The van der Waals surface area contributed by atoms with Crippen LogP contribution < -0.4 is 5.32 Å². The summed E-state index contributed by atoms with van der Waals surface area (Å²) in [5.41, 5.74) is 4.21. The van der Waals surface area contributed by atoms with Crippen LogP contribution in [0.2, 0.25) is 0 Å². The molecule has 0 aliphatic carbocycles. The van der Waals surface area contributed by atoms with Crippen molar-refractivity contribution < 1.29 is 9.59 Å². The van der Waals surface area contributed by atoms with Gasteiger partial charge in [-0.25, -0.2) is 4.98 Å². The maximum absolute atomic E-state index is 13.2. The number of carbonyl (C=O) groups is 2. The van der Waals surface area contributed by atoms with Gasteiger partial charge in [-0.3, -0.25) is 19.4 Å². The molecule has 5 rings (SSSR count). The molecule has 5 aromatic rings. The molecule has 0 bridgehead atoms. The number of nitrogens with zero attached hydrogens (tertiary/aromatic N) is 4. The van der Waals surface area contributed by atoms with Gasteiger partial charge in [0.05, 0.1) is 16.9 Å². The molecule has 0 spiro atoms. The van der Waals surface area contributed by atoms with Crippen molar-refractivity contribution in [3.63, 3.8) is 0 Å². The molecule has 0 saturated heterocycles. The maximum atomic E-state index is 13.2. The fraction of sp³-hybridized carbons (Fsp3) is 0.0800. The number of ketones is 1. The minimum Gasteiger partial charge on any atom is -0.345 e. The highest BCUT2D eigenvalue weighted by Gasteiger charge is 2.15. The van der Waals surface area contributed by atoms with Gasteiger partial charge < -0.3 is 10.3 Å². The van der Waals surface area contributed by atoms with Gasteiger partial charge in [-0.05, 0) is 49.4 Å². The zero-order chi connectivity index (χ0) is 23.7. The fourth-order valence-corrected chi connectivity index (χ4v) is 3.76. The van der Waals surface area contributed by atoms with Crippen molar-refractivity contribution in [1.82, 2.24) is 29.9 Å². The van der Waals surface area contributed by atoms with Crippen molar-refractivity contribution in [1.29, 1.82) is 0 Å². The first-order valence-electron chi connectivity index (χ1n) is 10.6. The minimum atomic E-state index is -0.290. The third-order valence-electron chi connectivity index (χ3n) is 5.39. The van der Waals surface area contributed by atoms with Crippen molar-refractivity contribution in [2.45, 2.75) is 6.92 Å². The number of aryl methyl sites for hydroxylation is 2. The molecule has 0 fully saturated rings. The predicted molar refractivity (Wildman–Crippen MR) is 129 cm³/mol. The Kier molecular flexibility index (Phi) is 5.35. The Balaban J connectivity index is 1.36. The lowest BCUT2D eigenvalue weighted by Gasteiger charge is -2.08. The SMILES string of the molecule is Cc1cc(C(=O)Nc2cccc(C(=O)c3ccc4c(C=Cc5ncc[nH]5)n[nH]c4c3)c2)n(C)n1. The molecule has 34 heavy (non-hydrogen) atoms. The molecule has 168 valence electrons. The van der Waals surface area contributed by atoms with Gasteiger partial charge in [-0.1, -0.05) is 18.2 Å². The largest absolute Gasteiger partial charge is 0.345 e. The summed E-state index contributed by atoms with van der Waals surface area (Å²) in [5, 5.41) is 15.2. The van der Waals surface area contributed by atoms with E-state index in [2.05, 4.69) is 30.6 Å². The summed E-state index contributed by atoms with van der Waals surface area (Å²) >= 11 is 0. The third kappa shape index (κ3) is 4.14. The smallest absolute Gasteiger partial charge is 0.273 e. The van der Waals surface area contributed by atoms with E-state index < -0.39 is 0 Å². The van der Waals surface area contributed by atoms with Crippen molar-refractivity contribution in [3.05, 3.63) is 95.0 Å². The number of nitrogens with one attached hydrogen (secondary N) is 3. The highest BCUT2D eigenvalue weighted by Crippen LogP contribution is 2.22. The van der Waals surface area contributed by atoms with Crippen molar-refractivity contribution in [2.24, 2.45) is 7.05 Å². The highest BCUT2D eigenvalue weighted by atomic mass is 16.2. The number of amides is 1. The monoisotopic (exact) mass is 451 g/mol. The van der Waals surface area contributed by atoms with Gasteiger partial charge in [0.2, 0.25) is 0 Å². The van der Waals surface area contributed by atoms with Gasteiger partial charge in [-0.15, -0.1) is 0 Å². The van der Waals surface area contributed by atoms with Crippen LogP contribution in [-0.4, -0.2) is 41.6 Å². The van der Waals surface area contributed by atoms with Gasteiger partial charge in [0.25, 0.3) is 5.91 Å². The van der Waals surface area contributed by atoms with Crippen LogP contribution in [0.1, 0.15) is 43.6 Å². The van der Waals surface area contributed by atoms with Gasteiger partial charge in [0.15, 0.2) is 5.78 Å². The second kappa shape index (κ2) is 8.62. The molecule has 0 unspecified atom stereocenters. The molecule has 1 amide bonds. The summed E-state index contributed by atoms with van der Waals surface area (Å²) in [6, 6.07) is 14.0. The van der Waals surface area contributed by atoms with Crippen LogP contribution in [0.4, 0.5) is 5.69 Å². The summed E-state index contributed by atoms with van der Waals surface area (Å²) in [4.78, 5) is 32.9. The predicted octanol–water partition coefficient (Wildman–Crippen LogP) is 3.98. The molecule has 0 radical (unpaired) electrons. The van der Waals surface area contributed by atoms with Crippen LogP contribution in [0.15, 0.2) is 60.9 Å². The zero-order valence-corrected chi connectivity index (χ0v) is 18.5. The molecule has 0 saturated carbocycles. The summed E-state index contributed by atoms with van der Waals surface area (Å²) in [5.74, 6) is 0.284. The minimum absolute atomic E-state index is 0.156. The molecule has 9 heteroatoms. The fourth-order valence-electron chi connectivity index (χ4n) is 3.76. The van der Waals surface area contributed by atoms with Crippen LogP contribution >= 0.6 is 0 Å². The lowest BCUT2D eigenvalue weighted by atomic mass is 10.0. The molecule has 3 heterocycles. The lowest BCUT2D eigenvalue weighted by Crippen LogP contribution is -2.16. The van der Waals surface area contributed by atoms with E-state index in [9.17, 15) is 9.59 Å². The Hall–Kier alpha value is -4.79. The number of H-pyrrole nitrogens is 2. The van der Waals surface area contributed by atoms with E-state index in [1.165, 1.54) is 4.68 Å². The Morgan fingerprint density at radius 1 is 1.06 bits per heavy atom. The molecular weight excluding hydrogens is 430 g/mol. The van der Waals surface area contributed by atoms with E-state index in [0.717, 1.165) is 28.1 Å². The van der Waals surface area contributed by atoms with Gasteiger partial charge in [0, 0.05) is 41.6 Å². The first-order chi connectivity index (χ1) is 16.5. The number of benzene rings is 2. The van der Waals surface area contributed by atoms with E-state index in [1.807, 2.05) is 25.1 Å². The molecular formula is C25H21N7O2.